The first kappa shape index (κ1) is 13.4. The van der Waals surface area contributed by atoms with Gasteiger partial charge in [-0.3, -0.25) is 4.79 Å². The predicted molar refractivity (Wildman–Crippen MR) is 77.9 cm³/mol. The lowest BCUT2D eigenvalue weighted by Crippen LogP contribution is -2.09. The molecule has 0 aliphatic rings. The molecule has 19 heavy (non-hydrogen) atoms. The fourth-order valence-electron chi connectivity index (χ4n) is 1.79. The van der Waals surface area contributed by atoms with Gasteiger partial charge in [-0.1, -0.05) is 17.7 Å². The molecule has 0 unspecified atom stereocenters. The van der Waals surface area contributed by atoms with E-state index in [1.54, 1.807) is 19.2 Å². The molecule has 0 atom stereocenters. The molecule has 0 saturated heterocycles. The van der Waals surface area contributed by atoms with Crippen molar-refractivity contribution >= 4 is 29.3 Å². The van der Waals surface area contributed by atoms with Crippen molar-refractivity contribution in [3.8, 4) is 5.75 Å². The molecule has 4 heteroatoms. The molecule has 3 nitrogen and oxygen atoms in total. The Hall–Kier alpha value is -2.00. The quantitative estimate of drug-likeness (QED) is 0.792. The molecule has 0 N–H and O–H groups in total. The molecule has 0 fully saturated rings. The molecular formula is C15H14ClNO2. The van der Waals surface area contributed by atoms with Crippen LogP contribution in [0, 0.1) is 0 Å². The van der Waals surface area contributed by atoms with Crippen molar-refractivity contribution in [3.05, 3.63) is 53.1 Å². The van der Waals surface area contributed by atoms with Crippen LogP contribution in [-0.4, -0.2) is 20.4 Å². The zero-order chi connectivity index (χ0) is 13.8. The second-order valence-corrected chi connectivity index (χ2v) is 4.49. The van der Waals surface area contributed by atoms with Crippen molar-refractivity contribution in [2.45, 2.75) is 0 Å². The van der Waals surface area contributed by atoms with Crippen LogP contribution in [0.1, 0.15) is 10.4 Å². The number of methoxy groups -OCH3 is 1. The number of nitrogens with zero attached hydrogens (tertiary/aromatic N) is 1. The number of ether oxygens (including phenoxy) is 1. The summed E-state index contributed by atoms with van der Waals surface area (Å²) in [5, 5.41) is 0.447. The first-order valence-electron chi connectivity index (χ1n) is 5.78. The summed E-state index contributed by atoms with van der Waals surface area (Å²) in [6.45, 7) is 0. The summed E-state index contributed by atoms with van der Waals surface area (Å²) in [6.07, 6.45) is 0.748. The highest BCUT2D eigenvalue weighted by atomic mass is 35.5. The van der Waals surface area contributed by atoms with Gasteiger partial charge in [-0.25, -0.2) is 0 Å². The fraction of sp³-hybridized carbons (Fsp3) is 0.133. The number of rotatable bonds is 4. The standard InChI is InChI=1S/C15H14ClNO2/c1-17(12-4-3-5-14(8-12)19-2)13-7-6-11(10-18)15(16)9-13/h3-10H,1-2H3. The van der Waals surface area contributed by atoms with Gasteiger partial charge >= 0.3 is 0 Å². The average molecular weight is 276 g/mol. The highest BCUT2D eigenvalue weighted by molar-refractivity contribution is 6.33. The summed E-state index contributed by atoms with van der Waals surface area (Å²) in [7, 11) is 3.57. The lowest BCUT2D eigenvalue weighted by atomic mass is 10.2. The lowest BCUT2D eigenvalue weighted by Gasteiger charge is -2.20. The molecule has 0 aliphatic heterocycles. The molecule has 0 heterocycles. The zero-order valence-corrected chi connectivity index (χ0v) is 11.5. The molecule has 98 valence electrons. The maximum absolute atomic E-state index is 10.7. The van der Waals surface area contributed by atoms with Gasteiger partial charge < -0.3 is 9.64 Å². The number of hydrogen-bond acceptors (Lipinski definition) is 3. The van der Waals surface area contributed by atoms with Crippen LogP contribution in [0.25, 0.3) is 0 Å². The summed E-state index contributed by atoms with van der Waals surface area (Å²) >= 11 is 6.04. The first-order chi connectivity index (χ1) is 9.15. The van der Waals surface area contributed by atoms with Gasteiger partial charge in [-0.05, 0) is 30.3 Å². The highest BCUT2D eigenvalue weighted by Gasteiger charge is 2.07. The number of benzene rings is 2. The van der Waals surface area contributed by atoms with E-state index in [0.29, 0.717) is 10.6 Å². The second-order valence-electron chi connectivity index (χ2n) is 4.08. The Morgan fingerprint density at radius 3 is 2.53 bits per heavy atom. The maximum atomic E-state index is 10.7. The molecule has 0 bridgehead atoms. The van der Waals surface area contributed by atoms with Crippen LogP contribution < -0.4 is 9.64 Å². The Morgan fingerprint density at radius 1 is 1.16 bits per heavy atom. The average Bonchev–Trinajstić information content (AvgIpc) is 2.46. The summed E-state index contributed by atoms with van der Waals surface area (Å²) in [4.78, 5) is 12.7. The Balaban J connectivity index is 2.35. The van der Waals surface area contributed by atoms with Crippen molar-refractivity contribution in [3.63, 3.8) is 0 Å². The monoisotopic (exact) mass is 275 g/mol. The van der Waals surface area contributed by atoms with Gasteiger partial charge in [0.2, 0.25) is 0 Å². The maximum Gasteiger partial charge on any atom is 0.151 e. The van der Waals surface area contributed by atoms with E-state index in [1.165, 1.54) is 0 Å². The zero-order valence-electron chi connectivity index (χ0n) is 10.8. The van der Waals surface area contributed by atoms with Crippen molar-refractivity contribution in [1.82, 2.24) is 0 Å². The van der Waals surface area contributed by atoms with Gasteiger partial charge in [0.1, 0.15) is 5.75 Å². The molecule has 0 amide bonds. The summed E-state index contributed by atoms with van der Waals surface area (Å²) in [5.74, 6) is 0.792. The van der Waals surface area contributed by atoms with Gasteiger partial charge in [0.05, 0.1) is 12.1 Å². The van der Waals surface area contributed by atoms with Gasteiger partial charge in [-0.2, -0.15) is 0 Å². The van der Waals surface area contributed by atoms with E-state index >= 15 is 0 Å². The minimum Gasteiger partial charge on any atom is -0.497 e. The SMILES string of the molecule is COc1cccc(N(C)c2ccc(C=O)c(Cl)c2)c1. The van der Waals surface area contributed by atoms with Crippen LogP contribution in [0.2, 0.25) is 5.02 Å². The van der Waals surface area contributed by atoms with Crippen LogP contribution in [0.4, 0.5) is 11.4 Å². The van der Waals surface area contributed by atoms with Crippen LogP contribution in [0.5, 0.6) is 5.75 Å². The Kier molecular flexibility index (Phi) is 4.07. The van der Waals surface area contributed by atoms with E-state index in [1.807, 2.05) is 42.3 Å². The third-order valence-electron chi connectivity index (χ3n) is 2.94. The molecule has 0 aliphatic carbocycles. The summed E-state index contributed by atoms with van der Waals surface area (Å²) in [6, 6.07) is 13.1. The second kappa shape index (κ2) is 5.76. The third kappa shape index (κ3) is 2.88. The molecule has 2 aromatic carbocycles. The number of hydrogen-bond donors (Lipinski definition) is 0. The van der Waals surface area contributed by atoms with E-state index in [-0.39, 0.29) is 0 Å². The Labute approximate surface area is 117 Å². The molecule has 2 rings (SSSR count). The minimum atomic E-state index is 0.447. The predicted octanol–water partition coefficient (Wildman–Crippen LogP) is 3.93. The molecule has 0 radical (unpaired) electrons. The minimum absolute atomic E-state index is 0.447. The number of halogens is 1. The molecule has 0 aromatic heterocycles. The summed E-state index contributed by atoms with van der Waals surface area (Å²) in [5.41, 5.74) is 2.38. The van der Waals surface area contributed by atoms with Crippen molar-refractivity contribution in [1.29, 1.82) is 0 Å². The molecule has 0 spiro atoms. The first-order valence-corrected chi connectivity index (χ1v) is 6.16. The Bertz CT molecular complexity index is 598. The lowest BCUT2D eigenvalue weighted by molar-refractivity contribution is 0.112. The smallest absolute Gasteiger partial charge is 0.151 e. The van der Waals surface area contributed by atoms with Crippen LogP contribution in [-0.2, 0) is 0 Å². The largest absolute Gasteiger partial charge is 0.497 e. The van der Waals surface area contributed by atoms with E-state index in [2.05, 4.69) is 0 Å². The van der Waals surface area contributed by atoms with Crippen LogP contribution in [0.15, 0.2) is 42.5 Å². The van der Waals surface area contributed by atoms with Gasteiger partial charge in [-0.15, -0.1) is 0 Å². The topological polar surface area (TPSA) is 29.5 Å². The number of carbonyl (C=O) groups excluding carboxylic acids is 1. The molecular weight excluding hydrogens is 262 g/mol. The number of carbonyl (C=O) groups is 1. The number of anilines is 2. The van der Waals surface area contributed by atoms with E-state index in [4.69, 9.17) is 16.3 Å². The van der Waals surface area contributed by atoms with Crippen molar-refractivity contribution in [2.75, 3.05) is 19.1 Å². The van der Waals surface area contributed by atoms with E-state index in [0.717, 1.165) is 23.4 Å². The summed E-state index contributed by atoms with van der Waals surface area (Å²) < 4.78 is 5.20. The van der Waals surface area contributed by atoms with E-state index < -0.39 is 0 Å². The van der Waals surface area contributed by atoms with Gasteiger partial charge in [0.25, 0.3) is 0 Å². The van der Waals surface area contributed by atoms with Crippen LogP contribution >= 0.6 is 11.6 Å². The number of aldehydes is 1. The van der Waals surface area contributed by atoms with Gasteiger partial charge in [0, 0.05) is 30.1 Å². The molecule has 2 aromatic rings. The van der Waals surface area contributed by atoms with Crippen LogP contribution in [0.3, 0.4) is 0 Å². The van der Waals surface area contributed by atoms with Crippen molar-refractivity contribution < 1.29 is 9.53 Å². The molecule has 0 saturated carbocycles. The highest BCUT2D eigenvalue weighted by Crippen LogP contribution is 2.29. The van der Waals surface area contributed by atoms with Crippen molar-refractivity contribution in [2.24, 2.45) is 0 Å². The van der Waals surface area contributed by atoms with E-state index in [9.17, 15) is 4.79 Å². The Morgan fingerprint density at radius 2 is 1.89 bits per heavy atom. The normalized spacial score (nSPS) is 10.1. The fourth-order valence-corrected chi connectivity index (χ4v) is 2.01. The third-order valence-corrected chi connectivity index (χ3v) is 3.27. The van der Waals surface area contributed by atoms with Gasteiger partial charge in [0.15, 0.2) is 6.29 Å².